The fraction of sp³-hybridized carbons (Fsp3) is 0.444. The van der Waals surface area contributed by atoms with E-state index in [2.05, 4.69) is 4.90 Å². The molecule has 2 unspecified atom stereocenters. The van der Waals surface area contributed by atoms with Crippen LogP contribution < -0.4 is 4.74 Å². The molecule has 1 aliphatic heterocycles. The number of hydrogen-bond donors (Lipinski definition) is 2. The molecule has 5 heteroatoms. The lowest BCUT2D eigenvalue weighted by Gasteiger charge is -2.26. The van der Waals surface area contributed by atoms with Gasteiger partial charge in [-0.25, -0.2) is 0 Å². The van der Waals surface area contributed by atoms with Gasteiger partial charge in [0.25, 0.3) is 0 Å². The third kappa shape index (κ3) is 3.86. The van der Waals surface area contributed by atoms with Crippen LogP contribution in [0, 0.1) is 0 Å². The number of aliphatic hydroxyl groups excluding tert-OH is 1. The van der Waals surface area contributed by atoms with Crippen LogP contribution in [-0.4, -0.2) is 34.8 Å². The number of methoxy groups -OCH3 is 1. The standard InChI is InChI=1S/C18H23NO3S/c1-22-15-6-7-16(20)13(10-15)12-19-8-2-4-14(19)11-17(21)18-5-3-9-23-18/h3,5-7,9-10,14,17,20-21H,2,4,8,11-12H2,1H3. The third-order valence-corrected chi connectivity index (χ3v) is 5.50. The first kappa shape index (κ1) is 16.3. The highest BCUT2D eigenvalue weighted by atomic mass is 32.1. The number of hydrogen-bond acceptors (Lipinski definition) is 5. The van der Waals surface area contributed by atoms with Crippen molar-refractivity contribution in [1.82, 2.24) is 4.90 Å². The van der Waals surface area contributed by atoms with Crippen LogP contribution in [0.4, 0.5) is 0 Å². The Morgan fingerprint density at radius 3 is 3.00 bits per heavy atom. The zero-order valence-corrected chi connectivity index (χ0v) is 14.1. The van der Waals surface area contributed by atoms with Crippen molar-refractivity contribution >= 4 is 11.3 Å². The van der Waals surface area contributed by atoms with Gasteiger partial charge in [-0.3, -0.25) is 4.90 Å². The van der Waals surface area contributed by atoms with E-state index in [4.69, 9.17) is 4.74 Å². The van der Waals surface area contributed by atoms with Crippen molar-refractivity contribution < 1.29 is 14.9 Å². The van der Waals surface area contributed by atoms with Gasteiger partial charge < -0.3 is 14.9 Å². The number of nitrogens with zero attached hydrogens (tertiary/aromatic N) is 1. The van der Waals surface area contributed by atoms with Crippen molar-refractivity contribution in [2.24, 2.45) is 0 Å². The molecule has 0 amide bonds. The van der Waals surface area contributed by atoms with E-state index in [-0.39, 0.29) is 0 Å². The predicted molar refractivity (Wildman–Crippen MR) is 92.0 cm³/mol. The Kier molecular flexibility index (Phi) is 5.20. The second-order valence-electron chi connectivity index (χ2n) is 6.03. The molecule has 0 aliphatic carbocycles. The van der Waals surface area contributed by atoms with Gasteiger partial charge in [-0.15, -0.1) is 11.3 Å². The number of phenolic OH excluding ortho intramolecular Hbond substituents is 1. The van der Waals surface area contributed by atoms with E-state index in [1.165, 1.54) is 0 Å². The number of aliphatic hydroxyl groups is 1. The van der Waals surface area contributed by atoms with E-state index in [0.29, 0.717) is 18.3 Å². The van der Waals surface area contributed by atoms with Crippen molar-refractivity contribution in [3.63, 3.8) is 0 Å². The first-order valence-corrected chi connectivity index (χ1v) is 8.86. The molecule has 4 nitrogen and oxygen atoms in total. The fourth-order valence-electron chi connectivity index (χ4n) is 3.26. The van der Waals surface area contributed by atoms with E-state index < -0.39 is 6.10 Å². The molecule has 23 heavy (non-hydrogen) atoms. The predicted octanol–water partition coefficient (Wildman–Crippen LogP) is 3.55. The minimum absolute atomic E-state index is 0.301. The summed E-state index contributed by atoms with van der Waals surface area (Å²) < 4.78 is 5.25. The summed E-state index contributed by atoms with van der Waals surface area (Å²) in [4.78, 5) is 3.38. The monoisotopic (exact) mass is 333 g/mol. The Morgan fingerprint density at radius 2 is 2.26 bits per heavy atom. The van der Waals surface area contributed by atoms with E-state index in [1.54, 1.807) is 30.6 Å². The lowest BCUT2D eigenvalue weighted by Crippen LogP contribution is -2.30. The molecule has 1 saturated heterocycles. The molecule has 1 aromatic heterocycles. The van der Waals surface area contributed by atoms with E-state index in [0.717, 1.165) is 42.0 Å². The van der Waals surface area contributed by atoms with Crippen LogP contribution in [0.15, 0.2) is 35.7 Å². The highest BCUT2D eigenvalue weighted by molar-refractivity contribution is 7.10. The number of ether oxygens (including phenoxy) is 1. The highest BCUT2D eigenvalue weighted by Crippen LogP contribution is 2.32. The van der Waals surface area contributed by atoms with Crippen molar-refractivity contribution in [3.05, 3.63) is 46.2 Å². The first-order chi connectivity index (χ1) is 11.2. The number of likely N-dealkylation sites (tertiary alicyclic amines) is 1. The van der Waals surface area contributed by atoms with Gasteiger partial charge in [-0.05, 0) is 55.5 Å². The van der Waals surface area contributed by atoms with Crippen molar-refractivity contribution in [2.45, 2.75) is 38.0 Å². The highest BCUT2D eigenvalue weighted by Gasteiger charge is 2.28. The van der Waals surface area contributed by atoms with Crippen molar-refractivity contribution in [2.75, 3.05) is 13.7 Å². The largest absolute Gasteiger partial charge is 0.508 e. The topological polar surface area (TPSA) is 52.9 Å². The number of aromatic hydroxyl groups is 1. The average Bonchev–Trinajstić information content (AvgIpc) is 3.22. The summed E-state index contributed by atoms with van der Waals surface area (Å²) in [7, 11) is 1.63. The normalized spacial score (nSPS) is 19.8. The molecule has 124 valence electrons. The minimum atomic E-state index is -0.403. The SMILES string of the molecule is COc1ccc(O)c(CN2CCCC2CC(O)c2cccs2)c1. The summed E-state index contributed by atoms with van der Waals surface area (Å²) in [5, 5.41) is 22.5. The Hall–Kier alpha value is -1.56. The number of benzene rings is 1. The van der Waals surface area contributed by atoms with Crippen molar-refractivity contribution in [1.29, 1.82) is 0 Å². The Morgan fingerprint density at radius 1 is 1.39 bits per heavy atom. The van der Waals surface area contributed by atoms with E-state index in [1.807, 2.05) is 23.6 Å². The molecule has 0 spiro atoms. The maximum atomic E-state index is 10.4. The molecule has 1 fully saturated rings. The van der Waals surface area contributed by atoms with Crippen LogP contribution >= 0.6 is 11.3 Å². The molecule has 2 atom stereocenters. The maximum Gasteiger partial charge on any atom is 0.120 e. The van der Waals surface area contributed by atoms with Crippen LogP contribution in [0.1, 0.15) is 35.8 Å². The molecule has 0 radical (unpaired) electrons. The summed E-state index contributed by atoms with van der Waals surface area (Å²) in [5.74, 6) is 1.06. The maximum absolute atomic E-state index is 10.4. The molecule has 1 aliphatic rings. The second-order valence-corrected chi connectivity index (χ2v) is 7.01. The van der Waals surface area contributed by atoms with Gasteiger partial charge >= 0.3 is 0 Å². The zero-order chi connectivity index (χ0) is 16.2. The van der Waals surface area contributed by atoms with Gasteiger partial charge in [0.2, 0.25) is 0 Å². The van der Waals surface area contributed by atoms with E-state index >= 15 is 0 Å². The summed E-state index contributed by atoms with van der Waals surface area (Å²) in [6.07, 6.45) is 2.56. The van der Waals surface area contributed by atoms with Gasteiger partial charge in [0, 0.05) is 23.0 Å². The summed E-state index contributed by atoms with van der Waals surface area (Å²) >= 11 is 1.60. The Bertz CT molecular complexity index is 629. The molecular formula is C18H23NO3S. The molecule has 2 aromatic rings. The summed E-state index contributed by atoms with van der Waals surface area (Å²) in [5.41, 5.74) is 0.877. The lowest BCUT2D eigenvalue weighted by molar-refractivity contribution is 0.120. The zero-order valence-electron chi connectivity index (χ0n) is 13.3. The summed E-state index contributed by atoms with van der Waals surface area (Å²) in [6.45, 7) is 1.68. The van der Waals surface area contributed by atoms with Gasteiger partial charge in [-0.2, -0.15) is 0 Å². The van der Waals surface area contributed by atoms with Crippen molar-refractivity contribution in [3.8, 4) is 11.5 Å². The van der Waals surface area contributed by atoms with Gasteiger partial charge in [0.1, 0.15) is 11.5 Å². The van der Waals surface area contributed by atoms with Crippen LogP contribution in [0.25, 0.3) is 0 Å². The smallest absolute Gasteiger partial charge is 0.120 e. The Labute approximate surface area is 141 Å². The molecule has 0 saturated carbocycles. The molecular weight excluding hydrogens is 310 g/mol. The molecule has 2 N–H and O–H groups in total. The number of phenols is 1. The quantitative estimate of drug-likeness (QED) is 0.849. The van der Waals surface area contributed by atoms with Crippen LogP contribution in [0.5, 0.6) is 11.5 Å². The summed E-state index contributed by atoms with van der Waals surface area (Å²) in [6, 6.07) is 9.64. The minimum Gasteiger partial charge on any atom is -0.508 e. The average molecular weight is 333 g/mol. The van der Waals surface area contributed by atoms with Gasteiger partial charge in [0.05, 0.1) is 13.2 Å². The number of thiophene rings is 1. The van der Waals surface area contributed by atoms with Gasteiger partial charge in [-0.1, -0.05) is 6.07 Å². The molecule has 2 heterocycles. The number of rotatable bonds is 6. The van der Waals surface area contributed by atoms with Crippen LogP contribution in [0.2, 0.25) is 0 Å². The molecule has 1 aromatic carbocycles. The lowest BCUT2D eigenvalue weighted by atomic mass is 10.0. The Balaban J connectivity index is 1.67. The molecule has 3 rings (SSSR count). The third-order valence-electron chi connectivity index (χ3n) is 4.53. The van der Waals surface area contributed by atoms with E-state index in [9.17, 15) is 10.2 Å². The van der Waals surface area contributed by atoms with Crippen LogP contribution in [-0.2, 0) is 6.54 Å². The van der Waals surface area contributed by atoms with Gasteiger partial charge in [0.15, 0.2) is 0 Å². The molecule has 0 bridgehead atoms. The van der Waals surface area contributed by atoms with Crippen LogP contribution in [0.3, 0.4) is 0 Å². The second kappa shape index (κ2) is 7.34. The first-order valence-electron chi connectivity index (χ1n) is 7.99. The fourth-order valence-corrected chi connectivity index (χ4v) is 3.98.